The summed E-state index contributed by atoms with van der Waals surface area (Å²) in [6, 6.07) is 12.7. The maximum Gasteiger partial charge on any atom is 0.229 e. The van der Waals surface area contributed by atoms with E-state index in [9.17, 15) is 13.2 Å². The monoisotopic (exact) mass is 401 g/mol. The second-order valence-electron chi connectivity index (χ2n) is 7.48. The van der Waals surface area contributed by atoms with Gasteiger partial charge in [0.25, 0.3) is 0 Å². The third kappa shape index (κ3) is 5.62. The summed E-state index contributed by atoms with van der Waals surface area (Å²) in [5.41, 5.74) is 3.17. The summed E-state index contributed by atoms with van der Waals surface area (Å²) in [7, 11) is -3.33. The van der Waals surface area contributed by atoms with E-state index >= 15 is 0 Å². The quantitative estimate of drug-likeness (QED) is 0.697. The Bertz CT molecular complexity index is 926. The van der Waals surface area contributed by atoms with Gasteiger partial charge in [0.15, 0.2) is 5.78 Å². The van der Waals surface area contributed by atoms with Gasteiger partial charge in [0, 0.05) is 28.6 Å². The number of carbonyl (C=O) groups is 1. The zero-order valence-corrected chi connectivity index (χ0v) is 17.1. The molecule has 2 aromatic rings. The highest BCUT2D eigenvalue weighted by Crippen LogP contribution is 2.28. The van der Waals surface area contributed by atoms with Gasteiger partial charge in [-0.2, -0.15) is 0 Å². The topological polar surface area (TPSA) is 88.2 Å². The SMILES string of the molecule is Cc1cccc(CCC2CNCCC2C(=O)c2ccc(NS(C)(=O)=O)cc2)n1. The number of piperidine rings is 1. The predicted octanol–water partition coefficient (Wildman–Crippen LogP) is 2.80. The average molecular weight is 402 g/mol. The number of nitrogens with one attached hydrogen (secondary N) is 2. The number of pyridine rings is 1. The van der Waals surface area contributed by atoms with E-state index in [1.54, 1.807) is 24.3 Å². The minimum absolute atomic E-state index is 0.0280. The normalized spacial score (nSPS) is 19.9. The predicted molar refractivity (Wildman–Crippen MR) is 111 cm³/mol. The van der Waals surface area contributed by atoms with Crippen molar-refractivity contribution < 1.29 is 13.2 Å². The molecule has 1 saturated heterocycles. The Hall–Kier alpha value is -2.25. The standard InChI is InChI=1S/C21H27N3O3S/c1-15-4-3-5-18(23-15)9-8-17-14-22-13-12-20(17)21(25)16-6-10-19(11-7-16)24-28(2,26)27/h3-7,10-11,17,20,22,24H,8-9,12-14H2,1-2H3. The van der Waals surface area contributed by atoms with Gasteiger partial charge >= 0.3 is 0 Å². The third-order valence-corrected chi connectivity index (χ3v) is 5.74. The molecule has 0 aliphatic carbocycles. The highest BCUT2D eigenvalue weighted by molar-refractivity contribution is 7.92. The van der Waals surface area contributed by atoms with Crippen molar-refractivity contribution in [2.75, 3.05) is 24.1 Å². The lowest BCUT2D eigenvalue weighted by atomic mass is 9.78. The fourth-order valence-corrected chi connectivity index (χ4v) is 4.34. The second kappa shape index (κ2) is 8.84. The Morgan fingerprint density at radius 3 is 2.64 bits per heavy atom. The molecular formula is C21H27N3O3S. The smallest absolute Gasteiger partial charge is 0.229 e. The van der Waals surface area contributed by atoms with Crippen LogP contribution in [0.5, 0.6) is 0 Å². The number of nitrogens with zero attached hydrogens (tertiary/aromatic N) is 1. The number of ketones is 1. The lowest BCUT2D eigenvalue weighted by Gasteiger charge is -2.31. The molecule has 7 heteroatoms. The number of carbonyl (C=O) groups excluding carboxylic acids is 1. The van der Waals surface area contributed by atoms with Crippen LogP contribution in [0.25, 0.3) is 0 Å². The summed E-state index contributed by atoms with van der Waals surface area (Å²) in [5, 5.41) is 3.40. The van der Waals surface area contributed by atoms with E-state index in [1.807, 2.05) is 25.1 Å². The molecule has 3 rings (SSSR count). The molecule has 1 aliphatic rings. The lowest BCUT2D eigenvalue weighted by Crippen LogP contribution is -2.40. The first kappa shape index (κ1) is 20.5. The van der Waals surface area contributed by atoms with Crippen molar-refractivity contribution in [3.05, 3.63) is 59.4 Å². The van der Waals surface area contributed by atoms with E-state index in [-0.39, 0.29) is 17.6 Å². The van der Waals surface area contributed by atoms with Crippen LogP contribution in [0.1, 0.15) is 34.6 Å². The van der Waals surface area contributed by atoms with Gasteiger partial charge in [-0.3, -0.25) is 14.5 Å². The van der Waals surface area contributed by atoms with Gasteiger partial charge in [-0.1, -0.05) is 6.07 Å². The van der Waals surface area contributed by atoms with E-state index in [1.165, 1.54) is 0 Å². The maximum absolute atomic E-state index is 13.1. The third-order valence-electron chi connectivity index (χ3n) is 5.13. The molecule has 0 saturated carbocycles. The van der Waals surface area contributed by atoms with Crippen LogP contribution < -0.4 is 10.0 Å². The number of hydrogen-bond donors (Lipinski definition) is 2. The van der Waals surface area contributed by atoms with Crippen LogP contribution in [0, 0.1) is 18.8 Å². The molecule has 1 fully saturated rings. The summed E-state index contributed by atoms with van der Waals surface area (Å²) in [5.74, 6) is 0.367. The molecular weight excluding hydrogens is 374 g/mol. The number of hydrogen-bond acceptors (Lipinski definition) is 5. The minimum atomic E-state index is -3.33. The number of aryl methyl sites for hydroxylation is 2. The molecule has 1 aromatic heterocycles. The van der Waals surface area contributed by atoms with E-state index in [4.69, 9.17) is 0 Å². The fraction of sp³-hybridized carbons (Fsp3) is 0.429. The van der Waals surface area contributed by atoms with Crippen molar-refractivity contribution in [2.24, 2.45) is 11.8 Å². The summed E-state index contributed by atoms with van der Waals surface area (Å²) in [6.07, 6.45) is 3.69. The summed E-state index contributed by atoms with van der Waals surface area (Å²) >= 11 is 0. The largest absolute Gasteiger partial charge is 0.316 e. The molecule has 0 bridgehead atoms. The zero-order chi connectivity index (χ0) is 20.1. The molecule has 2 unspecified atom stereocenters. The van der Waals surface area contributed by atoms with E-state index in [0.717, 1.165) is 50.0 Å². The Balaban J connectivity index is 1.68. The molecule has 2 atom stereocenters. The van der Waals surface area contributed by atoms with Gasteiger partial charge in [0.1, 0.15) is 0 Å². The Labute approximate surface area is 166 Å². The van der Waals surface area contributed by atoms with Crippen molar-refractivity contribution in [3.8, 4) is 0 Å². The lowest BCUT2D eigenvalue weighted by molar-refractivity contribution is 0.0830. The molecule has 1 aromatic carbocycles. The van der Waals surface area contributed by atoms with Crippen molar-refractivity contribution in [2.45, 2.75) is 26.2 Å². The average Bonchev–Trinajstić information content (AvgIpc) is 2.65. The molecule has 2 heterocycles. The Morgan fingerprint density at radius 1 is 1.21 bits per heavy atom. The molecule has 1 aliphatic heterocycles. The van der Waals surface area contributed by atoms with Gasteiger partial charge in [0.05, 0.1) is 6.26 Å². The fourth-order valence-electron chi connectivity index (χ4n) is 3.77. The van der Waals surface area contributed by atoms with E-state index < -0.39 is 10.0 Å². The highest BCUT2D eigenvalue weighted by Gasteiger charge is 2.31. The number of Topliss-reactive ketones (excluding diaryl/α,β-unsaturated/α-hetero) is 1. The van der Waals surface area contributed by atoms with Crippen LogP contribution >= 0.6 is 0 Å². The van der Waals surface area contributed by atoms with Gasteiger partial charge in [0.2, 0.25) is 10.0 Å². The maximum atomic E-state index is 13.1. The van der Waals surface area contributed by atoms with Gasteiger partial charge in [-0.25, -0.2) is 8.42 Å². The Morgan fingerprint density at radius 2 is 1.96 bits per heavy atom. The Kier molecular flexibility index (Phi) is 6.46. The number of rotatable bonds is 7. The van der Waals surface area contributed by atoms with Crippen LogP contribution in [0.3, 0.4) is 0 Å². The van der Waals surface area contributed by atoms with Crippen LogP contribution in [0.15, 0.2) is 42.5 Å². The first-order valence-electron chi connectivity index (χ1n) is 9.57. The number of anilines is 1. The van der Waals surface area contributed by atoms with Gasteiger partial charge in [-0.15, -0.1) is 0 Å². The van der Waals surface area contributed by atoms with Crippen molar-refractivity contribution in [1.29, 1.82) is 0 Å². The molecule has 28 heavy (non-hydrogen) atoms. The van der Waals surface area contributed by atoms with Crippen LogP contribution in [0.2, 0.25) is 0 Å². The van der Waals surface area contributed by atoms with Crippen LogP contribution in [-0.4, -0.2) is 38.5 Å². The van der Waals surface area contributed by atoms with Crippen molar-refractivity contribution in [3.63, 3.8) is 0 Å². The van der Waals surface area contributed by atoms with Gasteiger partial charge < -0.3 is 5.32 Å². The summed E-state index contributed by atoms with van der Waals surface area (Å²) in [4.78, 5) is 17.7. The summed E-state index contributed by atoms with van der Waals surface area (Å²) < 4.78 is 25.1. The molecule has 6 nitrogen and oxygen atoms in total. The molecule has 150 valence electrons. The molecule has 0 radical (unpaired) electrons. The van der Waals surface area contributed by atoms with Crippen molar-refractivity contribution >= 4 is 21.5 Å². The zero-order valence-electron chi connectivity index (χ0n) is 16.3. The van der Waals surface area contributed by atoms with Crippen molar-refractivity contribution in [1.82, 2.24) is 10.3 Å². The van der Waals surface area contributed by atoms with Crippen LogP contribution in [0.4, 0.5) is 5.69 Å². The molecule has 0 amide bonds. The number of benzene rings is 1. The second-order valence-corrected chi connectivity index (χ2v) is 9.23. The first-order chi connectivity index (χ1) is 13.3. The minimum Gasteiger partial charge on any atom is -0.316 e. The highest BCUT2D eigenvalue weighted by atomic mass is 32.2. The number of sulfonamides is 1. The van der Waals surface area contributed by atoms with Gasteiger partial charge in [-0.05, 0) is 81.6 Å². The van der Waals surface area contributed by atoms with E-state index in [2.05, 4.69) is 15.0 Å². The molecule has 0 spiro atoms. The first-order valence-corrected chi connectivity index (χ1v) is 11.5. The van der Waals surface area contributed by atoms with E-state index in [0.29, 0.717) is 11.3 Å². The summed E-state index contributed by atoms with van der Waals surface area (Å²) in [6.45, 7) is 3.65. The number of aromatic nitrogens is 1. The van der Waals surface area contributed by atoms with Crippen LogP contribution in [-0.2, 0) is 16.4 Å². The molecule has 2 N–H and O–H groups in total.